The number of rotatable bonds is 6. The Balaban J connectivity index is 2.03. The molecule has 1 aliphatic heterocycles. The van der Waals surface area contributed by atoms with E-state index in [9.17, 15) is 14.4 Å². The fraction of sp³-hybridized carbons (Fsp3) is 0.500. The SMILES string of the molecule is CCCC[C@@H](C)C(=O)Nc1cccc(C2CC(=O)NC(=O)C2)c1. The van der Waals surface area contributed by atoms with Gasteiger partial charge in [0.2, 0.25) is 17.7 Å². The zero-order valence-corrected chi connectivity index (χ0v) is 13.7. The Bertz CT molecular complexity index is 582. The summed E-state index contributed by atoms with van der Waals surface area (Å²) in [6.07, 6.45) is 3.59. The number of carbonyl (C=O) groups is 3. The molecule has 0 aliphatic carbocycles. The minimum absolute atomic E-state index is 0.00747. The molecule has 3 amide bonds. The van der Waals surface area contributed by atoms with Gasteiger partial charge in [0.25, 0.3) is 0 Å². The molecule has 0 bridgehead atoms. The summed E-state index contributed by atoms with van der Waals surface area (Å²) in [4.78, 5) is 35.2. The number of amides is 3. The monoisotopic (exact) mass is 316 g/mol. The molecule has 124 valence electrons. The molecular formula is C18H24N2O3. The highest BCUT2D eigenvalue weighted by atomic mass is 16.2. The van der Waals surface area contributed by atoms with E-state index in [1.165, 1.54) is 0 Å². The zero-order chi connectivity index (χ0) is 16.8. The van der Waals surface area contributed by atoms with Crippen LogP contribution >= 0.6 is 0 Å². The van der Waals surface area contributed by atoms with Crippen LogP contribution in [-0.2, 0) is 14.4 Å². The largest absolute Gasteiger partial charge is 0.326 e. The van der Waals surface area contributed by atoms with E-state index in [0.29, 0.717) is 18.5 Å². The van der Waals surface area contributed by atoms with Crippen molar-refractivity contribution in [2.45, 2.75) is 51.9 Å². The van der Waals surface area contributed by atoms with Crippen molar-refractivity contribution in [3.05, 3.63) is 29.8 Å². The lowest BCUT2D eigenvalue weighted by atomic mass is 9.89. The fourth-order valence-corrected chi connectivity index (χ4v) is 2.79. The van der Waals surface area contributed by atoms with E-state index in [-0.39, 0.29) is 29.6 Å². The lowest BCUT2D eigenvalue weighted by Gasteiger charge is -2.22. The average Bonchev–Trinajstić information content (AvgIpc) is 2.51. The van der Waals surface area contributed by atoms with Crippen LogP contribution in [0.25, 0.3) is 0 Å². The van der Waals surface area contributed by atoms with Crippen molar-refractivity contribution in [3.8, 4) is 0 Å². The third-order valence-electron chi connectivity index (χ3n) is 4.21. The topological polar surface area (TPSA) is 75.3 Å². The van der Waals surface area contributed by atoms with Crippen LogP contribution in [0.2, 0.25) is 0 Å². The Labute approximate surface area is 136 Å². The number of benzene rings is 1. The third-order valence-corrected chi connectivity index (χ3v) is 4.21. The molecule has 0 unspecified atom stereocenters. The first-order valence-corrected chi connectivity index (χ1v) is 8.23. The number of unbranched alkanes of at least 4 members (excludes halogenated alkanes) is 1. The van der Waals surface area contributed by atoms with Gasteiger partial charge in [0, 0.05) is 30.4 Å². The summed E-state index contributed by atoms with van der Waals surface area (Å²) in [6.45, 7) is 4.04. The van der Waals surface area contributed by atoms with E-state index in [1.54, 1.807) is 0 Å². The van der Waals surface area contributed by atoms with Gasteiger partial charge in [0.15, 0.2) is 0 Å². The minimum Gasteiger partial charge on any atom is -0.326 e. The highest BCUT2D eigenvalue weighted by Crippen LogP contribution is 2.28. The van der Waals surface area contributed by atoms with Crippen molar-refractivity contribution in [1.29, 1.82) is 0 Å². The van der Waals surface area contributed by atoms with Crippen molar-refractivity contribution in [3.63, 3.8) is 0 Å². The molecule has 2 rings (SSSR count). The Morgan fingerprint density at radius 1 is 1.30 bits per heavy atom. The van der Waals surface area contributed by atoms with Crippen LogP contribution in [0.1, 0.15) is 57.4 Å². The maximum atomic E-state index is 12.2. The van der Waals surface area contributed by atoms with Gasteiger partial charge in [-0.1, -0.05) is 38.8 Å². The number of carbonyl (C=O) groups excluding carboxylic acids is 3. The summed E-state index contributed by atoms with van der Waals surface area (Å²) >= 11 is 0. The van der Waals surface area contributed by atoms with Gasteiger partial charge in [-0.15, -0.1) is 0 Å². The maximum Gasteiger partial charge on any atom is 0.227 e. The van der Waals surface area contributed by atoms with Crippen LogP contribution in [-0.4, -0.2) is 17.7 Å². The normalized spacial score (nSPS) is 16.8. The molecule has 1 heterocycles. The first kappa shape index (κ1) is 17.2. The Morgan fingerprint density at radius 3 is 2.65 bits per heavy atom. The number of anilines is 1. The molecule has 1 saturated heterocycles. The number of hydrogen-bond donors (Lipinski definition) is 2. The van der Waals surface area contributed by atoms with Gasteiger partial charge in [-0.2, -0.15) is 0 Å². The molecule has 23 heavy (non-hydrogen) atoms. The van der Waals surface area contributed by atoms with Crippen molar-refractivity contribution < 1.29 is 14.4 Å². The van der Waals surface area contributed by atoms with Gasteiger partial charge in [-0.05, 0) is 24.1 Å². The van der Waals surface area contributed by atoms with Crippen molar-refractivity contribution in [1.82, 2.24) is 5.32 Å². The lowest BCUT2D eigenvalue weighted by molar-refractivity contribution is -0.133. The second kappa shape index (κ2) is 7.90. The van der Waals surface area contributed by atoms with Crippen LogP contribution in [0.4, 0.5) is 5.69 Å². The lowest BCUT2D eigenvalue weighted by Crippen LogP contribution is -2.37. The molecule has 5 nitrogen and oxygen atoms in total. The summed E-state index contributed by atoms with van der Waals surface area (Å²) < 4.78 is 0. The highest BCUT2D eigenvalue weighted by Gasteiger charge is 2.26. The highest BCUT2D eigenvalue weighted by molar-refractivity contribution is 5.98. The molecular weight excluding hydrogens is 292 g/mol. The molecule has 2 N–H and O–H groups in total. The number of piperidine rings is 1. The van der Waals surface area contributed by atoms with Gasteiger partial charge in [-0.25, -0.2) is 0 Å². The molecule has 5 heteroatoms. The molecule has 1 aromatic carbocycles. The second-order valence-corrected chi connectivity index (χ2v) is 6.23. The van der Waals surface area contributed by atoms with E-state index in [4.69, 9.17) is 0 Å². The molecule has 0 spiro atoms. The molecule has 0 saturated carbocycles. The molecule has 1 aromatic rings. The van der Waals surface area contributed by atoms with Gasteiger partial charge in [0.1, 0.15) is 0 Å². The van der Waals surface area contributed by atoms with Crippen molar-refractivity contribution in [2.75, 3.05) is 5.32 Å². The first-order valence-electron chi connectivity index (χ1n) is 8.23. The maximum absolute atomic E-state index is 12.2. The predicted molar refractivity (Wildman–Crippen MR) is 88.9 cm³/mol. The zero-order valence-electron chi connectivity index (χ0n) is 13.7. The van der Waals surface area contributed by atoms with E-state index < -0.39 is 0 Å². The Hall–Kier alpha value is -2.17. The van der Waals surface area contributed by atoms with Gasteiger partial charge >= 0.3 is 0 Å². The van der Waals surface area contributed by atoms with Crippen LogP contribution < -0.4 is 10.6 Å². The van der Waals surface area contributed by atoms with Crippen LogP contribution in [0.5, 0.6) is 0 Å². The van der Waals surface area contributed by atoms with E-state index in [2.05, 4.69) is 17.6 Å². The Morgan fingerprint density at radius 2 is 2.00 bits per heavy atom. The van der Waals surface area contributed by atoms with E-state index in [1.807, 2.05) is 31.2 Å². The van der Waals surface area contributed by atoms with E-state index >= 15 is 0 Å². The number of hydrogen-bond acceptors (Lipinski definition) is 3. The van der Waals surface area contributed by atoms with Crippen molar-refractivity contribution in [2.24, 2.45) is 5.92 Å². The third kappa shape index (κ3) is 4.91. The van der Waals surface area contributed by atoms with Gasteiger partial charge in [0.05, 0.1) is 0 Å². The summed E-state index contributed by atoms with van der Waals surface area (Å²) in [5.41, 5.74) is 1.63. The quantitative estimate of drug-likeness (QED) is 0.792. The number of imide groups is 1. The summed E-state index contributed by atoms with van der Waals surface area (Å²) in [6, 6.07) is 7.44. The Kier molecular flexibility index (Phi) is 5.90. The van der Waals surface area contributed by atoms with Crippen LogP contribution in [0.15, 0.2) is 24.3 Å². The second-order valence-electron chi connectivity index (χ2n) is 6.23. The first-order chi connectivity index (χ1) is 11.0. The molecule has 0 aromatic heterocycles. The fourth-order valence-electron chi connectivity index (χ4n) is 2.79. The van der Waals surface area contributed by atoms with Crippen LogP contribution in [0.3, 0.4) is 0 Å². The van der Waals surface area contributed by atoms with Crippen LogP contribution in [0, 0.1) is 5.92 Å². The summed E-state index contributed by atoms with van der Waals surface area (Å²) in [5.74, 6) is -0.623. The molecule has 1 aliphatic rings. The van der Waals surface area contributed by atoms with Gasteiger partial charge < -0.3 is 5.32 Å². The van der Waals surface area contributed by atoms with Gasteiger partial charge in [-0.3, -0.25) is 19.7 Å². The summed E-state index contributed by atoms with van der Waals surface area (Å²) in [7, 11) is 0. The predicted octanol–water partition coefficient (Wildman–Crippen LogP) is 2.97. The molecule has 1 fully saturated rings. The smallest absolute Gasteiger partial charge is 0.227 e. The summed E-state index contributed by atoms with van der Waals surface area (Å²) in [5, 5.41) is 5.24. The van der Waals surface area contributed by atoms with E-state index in [0.717, 1.165) is 24.8 Å². The van der Waals surface area contributed by atoms with Crippen molar-refractivity contribution >= 4 is 23.4 Å². The molecule has 1 atom stereocenters. The number of nitrogens with one attached hydrogen (secondary N) is 2. The minimum atomic E-state index is -0.242. The standard InChI is InChI=1S/C18H24N2O3/c1-3-4-6-12(2)18(23)19-15-8-5-7-13(9-15)14-10-16(21)20-17(22)11-14/h5,7-9,12,14H,3-4,6,10-11H2,1-2H3,(H,19,23)(H,20,21,22)/t12-/m1/s1. The average molecular weight is 316 g/mol. The molecule has 0 radical (unpaired) electrons.